The molecule has 0 radical (unpaired) electrons. The van der Waals surface area contributed by atoms with Crippen molar-refractivity contribution in [3.05, 3.63) is 90.0 Å². The van der Waals surface area contributed by atoms with E-state index in [0.29, 0.717) is 30.1 Å². The average molecular weight is 714 g/mol. The molecule has 0 bridgehead atoms. The van der Waals surface area contributed by atoms with Crippen LogP contribution in [0.25, 0.3) is 0 Å². The van der Waals surface area contributed by atoms with Crippen molar-refractivity contribution < 1.29 is 24.2 Å². The first-order valence-corrected chi connectivity index (χ1v) is 19.1. The minimum atomic E-state index is -1.72. The van der Waals surface area contributed by atoms with Crippen molar-refractivity contribution in [3.63, 3.8) is 0 Å². The van der Waals surface area contributed by atoms with Gasteiger partial charge in [-0.25, -0.2) is 0 Å². The molecule has 6 N–H and O–H groups in total. The number of nitrogens with zero attached hydrogens (tertiary/aromatic N) is 1. The lowest BCUT2D eigenvalue weighted by Crippen LogP contribution is -2.55. The predicted molar refractivity (Wildman–Crippen MR) is 210 cm³/mol. The number of nitrogen functional groups attached to an aromatic ring is 1. The summed E-state index contributed by atoms with van der Waals surface area (Å²) >= 11 is 0. The van der Waals surface area contributed by atoms with Crippen LogP contribution in [0, 0.1) is 5.41 Å². The fraction of sp³-hybridized carbons (Fsp3) is 0.500. The van der Waals surface area contributed by atoms with Crippen LogP contribution in [-0.2, 0) is 25.7 Å². The molecule has 3 aromatic carbocycles. The van der Waals surface area contributed by atoms with Crippen molar-refractivity contribution in [1.82, 2.24) is 0 Å². The molecule has 1 unspecified atom stereocenters. The van der Waals surface area contributed by atoms with Crippen LogP contribution in [-0.4, -0.2) is 53.8 Å². The molecular formula is C42H59N5O5. The Hall–Kier alpha value is -4.25. The monoisotopic (exact) mass is 713 g/mol. The van der Waals surface area contributed by atoms with Crippen molar-refractivity contribution >= 4 is 34.7 Å². The van der Waals surface area contributed by atoms with E-state index in [2.05, 4.69) is 36.6 Å². The zero-order valence-electron chi connectivity index (χ0n) is 31.1. The van der Waals surface area contributed by atoms with Crippen LogP contribution in [0.15, 0.2) is 78.9 Å². The molecule has 0 aliphatic carbocycles. The van der Waals surface area contributed by atoms with E-state index >= 15 is 0 Å². The average Bonchev–Trinajstić information content (AvgIpc) is 3.15. The highest BCUT2D eigenvalue weighted by atomic mass is 16.5. The number of nitrogens with one attached hydrogen (secondary N) is 3. The van der Waals surface area contributed by atoms with Crippen LogP contribution in [0.2, 0.25) is 0 Å². The maximum atomic E-state index is 13.5. The summed E-state index contributed by atoms with van der Waals surface area (Å²) in [6.45, 7) is 5.31. The molecule has 10 nitrogen and oxygen atoms in total. The van der Waals surface area contributed by atoms with Crippen LogP contribution in [0.1, 0.15) is 108 Å². The number of amides is 2. The Morgan fingerprint density at radius 1 is 0.904 bits per heavy atom. The van der Waals surface area contributed by atoms with Gasteiger partial charge in [0.2, 0.25) is 0 Å². The first kappa shape index (κ1) is 40.5. The van der Waals surface area contributed by atoms with Gasteiger partial charge in [-0.1, -0.05) is 108 Å². The zero-order valence-corrected chi connectivity index (χ0v) is 31.1. The van der Waals surface area contributed by atoms with E-state index in [-0.39, 0.29) is 12.4 Å². The molecule has 1 aliphatic rings. The van der Waals surface area contributed by atoms with Gasteiger partial charge in [-0.05, 0) is 73.9 Å². The maximum Gasteiger partial charge on any atom is 0.259 e. The number of amidine groups is 1. The Morgan fingerprint density at radius 2 is 1.48 bits per heavy atom. The minimum absolute atomic E-state index is 0.0942. The molecule has 10 heteroatoms. The van der Waals surface area contributed by atoms with E-state index < -0.39 is 29.7 Å². The zero-order chi connectivity index (χ0) is 37.2. The predicted octanol–water partition coefficient (Wildman–Crippen LogP) is 8.14. The number of hydrogen-bond acceptors (Lipinski definition) is 7. The number of rotatable bonds is 23. The highest BCUT2D eigenvalue weighted by molar-refractivity contribution is 6.04. The number of carbonyl (C=O) groups excluding carboxylic acids is 2. The molecule has 52 heavy (non-hydrogen) atoms. The summed E-state index contributed by atoms with van der Waals surface area (Å²) in [6.07, 6.45) is 13.3. The summed E-state index contributed by atoms with van der Waals surface area (Å²) in [7, 11) is 0. The molecule has 1 heterocycles. The molecule has 0 spiro atoms. The molecule has 3 aromatic rings. The van der Waals surface area contributed by atoms with Crippen molar-refractivity contribution in [1.29, 1.82) is 5.41 Å². The molecule has 4 rings (SSSR count). The maximum absolute atomic E-state index is 13.5. The first-order chi connectivity index (χ1) is 25.2. The highest BCUT2D eigenvalue weighted by Crippen LogP contribution is 2.28. The number of hydrogen-bond donors (Lipinski definition) is 5. The van der Waals surface area contributed by atoms with E-state index in [1.165, 1.54) is 69.1 Å². The molecule has 1 aliphatic heterocycles. The Balaban J connectivity index is 1.30. The van der Waals surface area contributed by atoms with Gasteiger partial charge in [0.05, 0.1) is 13.2 Å². The number of benzene rings is 3. The summed E-state index contributed by atoms with van der Waals surface area (Å²) < 4.78 is 12.1. The van der Waals surface area contributed by atoms with Crippen molar-refractivity contribution in [2.24, 2.45) is 5.73 Å². The summed E-state index contributed by atoms with van der Waals surface area (Å²) in [5.41, 5.74) is 8.42. The minimum Gasteiger partial charge on any atom is -0.384 e. The van der Waals surface area contributed by atoms with Crippen LogP contribution in [0.4, 0.5) is 17.1 Å². The quantitative estimate of drug-likeness (QED) is 0.0288. The summed E-state index contributed by atoms with van der Waals surface area (Å²) in [5, 5.41) is 24.5. The second-order valence-electron chi connectivity index (χ2n) is 14.0. The lowest BCUT2D eigenvalue weighted by atomic mass is 10.0. The van der Waals surface area contributed by atoms with E-state index in [1.807, 2.05) is 42.5 Å². The number of aliphatic hydroxyl groups is 1. The number of ether oxygens (including phenoxy) is 2. The van der Waals surface area contributed by atoms with E-state index in [1.54, 1.807) is 24.3 Å². The standard InChI is InChI=1S/C42H59N5O5/c1-3-4-5-6-7-8-9-10-11-12-13-17-28-42(2,52-31-32-18-15-14-16-19-32)46-35-24-26-36(27-25-35)47-29-30-51-38(41(47)50)37(48)40(49)45-34-22-20-33(21-23-34)39(43)44/h14-16,18-27,37-38,46,48H,3-13,17,28-31H2,1-2H3,(H3,43,44)(H,45,49)/t37-,38-,42?/m1/s1. The second kappa shape index (κ2) is 21.3. The molecule has 1 fully saturated rings. The second-order valence-corrected chi connectivity index (χ2v) is 14.0. The molecule has 2 amide bonds. The lowest BCUT2D eigenvalue weighted by Gasteiger charge is -2.35. The van der Waals surface area contributed by atoms with Gasteiger partial charge in [0.1, 0.15) is 11.6 Å². The van der Waals surface area contributed by atoms with Gasteiger partial charge < -0.3 is 35.8 Å². The molecule has 0 aromatic heterocycles. The van der Waals surface area contributed by atoms with Gasteiger partial charge in [0, 0.05) is 29.2 Å². The van der Waals surface area contributed by atoms with Crippen LogP contribution >= 0.6 is 0 Å². The van der Waals surface area contributed by atoms with Gasteiger partial charge in [0.25, 0.3) is 11.8 Å². The largest absolute Gasteiger partial charge is 0.384 e. The van der Waals surface area contributed by atoms with Gasteiger partial charge >= 0.3 is 0 Å². The van der Waals surface area contributed by atoms with Gasteiger partial charge in [-0.3, -0.25) is 15.0 Å². The van der Waals surface area contributed by atoms with Crippen LogP contribution in [0.3, 0.4) is 0 Å². The molecule has 0 saturated carbocycles. The van der Waals surface area contributed by atoms with E-state index in [0.717, 1.165) is 30.5 Å². The number of morpholine rings is 1. The van der Waals surface area contributed by atoms with Crippen LogP contribution < -0.4 is 21.3 Å². The smallest absolute Gasteiger partial charge is 0.259 e. The summed E-state index contributed by atoms with van der Waals surface area (Å²) in [5.74, 6) is -1.36. The van der Waals surface area contributed by atoms with Crippen molar-refractivity contribution in [2.45, 2.75) is 122 Å². The van der Waals surface area contributed by atoms with E-state index in [9.17, 15) is 14.7 Å². The highest BCUT2D eigenvalue weighted by Gasteiger charge is 2.39. The Bertz CT molecular complexity index is 1520. The molecule has 1 saturated heterocycles. The Morgan fingerprint density at radius 3 is 2.08 bits per heavy atom. The van der Waals surface area contributed by atoms with Gasteiger partial charge in [-0.15, -0.1) is 0 Å². The number of carbonyl (C=O) groups is 2. The normalized spacial score (nSPS) is 16.2. The first-order valence-electron chi connectivity index (χ1n) is 19.1. The molecule has 282 valence electrons. The number of nitrogens with two attached hydrogens (primary N) is 1. The SMILES string of the molecule is CCCCCCCCCCCCCCC(C)(Nc1ccc(N2CCO[C@H]([C@@H](O)C(=O)Nc3ccc(C(=N)N)cc3)C2=O)cc1)OCc1ccccc1. The number of unbranched alkanes of at least 4 members (excludes halogenated alkanes) is 11. The van der Waals surface area contributed by atoms with Crippen molar-refractivity contribution in [2.75, 3.05) is 28.7 Å². The third-order valence-corrected chi connectivity index (χ3v) is 9.64. The Labute approximate surface area is 310 Å². The topological polar surface area (TPSA) is 150 Å². The number of anilines is 3. The molecule has 3 atom stereocenters. The lowest BCUT2D eigenvalue weighted by molar-refractivity contribution is -0.150. The van der Waals surface area contributed by atoms with Gasteiger partial charge in [-0.2, -0.15) is 0 Å². The summed E-state index contributed by atoms with van der Waals surface area (Å²) in [4.78, 5) is 27.8. The summed E-state index contributed by atoms with van der Waals surface area (Å²) in [6, 6.07) is 24.1. The van der Waals surface area contributed by atoms with Crippen molar-refractivity contribution in [3.8, 4) is 0 Å². The van der Waals surface area contributed by atoms with Gasteiger partial charge in [0.15, 0.2) is 12.2 Å². The molecular weight excluding hydrogens is 654 g/mol. The fourth-order valence-electron chi connectivity index (χ4n) is 6.50. The Kier molecular flexibility index (Phi) is 16.6. The van der Waals surface area contributed by atoms with E-state index in [4.69, 9.17) is 20.6 Å². The number of aliphatic hydroxyl groups excluding tert-OH is 1. The van der Waals surface area contributed by atoms with Crippen LogP contribution in [0.5, 0.6) is 0 Å². The third-order valence-electron chi connectivity index (χ3n) is 9.64. The third kappa shape index (κ3) is 13.1. The fourth-order valence-corrected chi connectivity index (χ4v) is 6.50.